The molecule has 2 nitrogen and oxygen atoms in total. The molecular formula is C16H16O2. The Balaban J connectivity index is 2.34. The standard InChI is InChI=1S/C16H16O2/c1-12(16(17)18-2)14-9-6-10-15(11-14)13-7-4-3-5-8-13/h3-12H,1-2H3/t12-/m0/s1. The largest absolute Gasteiger partial charge is 0.469 e. The lowest BCUT2D eigenvalue weighted by Crippen LogP contribution is -2.10. The second kappa shape index (κ2) is 5.50. The van der Waals surface area contributed by atoms with Crippen LogP contribution in [0.1, 0.15) is 18.4 Å². The minimum absolute atomic E-state index is 0.208. The van der Waals surface area contributed by atoms with Gasteiger partial charge in [0.05, 0.1) is 13.0 Å². The van der Waals surface area contributed by atoms with E-state index in [0.717, 1.165) is 16.7 Å². The van der Waals surface area contributed by atoms with E-state index in [1.165, 1.54) is 7.11 Å². The van der Waals surface area contributed by atoms with Crippen LogP contribution in [0.25, 0.3) is 11.1 Å². The Kier molecular flexibility index (Phi) is 3.78. The SMILES string of the molecule is COC(=O)[C@@H](C)c1cccc(-c2ccccc2)c1. The summed E-state index contributed by atoms with van der Waals surface area (Å²) in [5.41, 5.74) is 3.24. The van der Waals surface area contributed by atoms with Crippen LogP contribution in [0, 0.1) is 0 Å². The summed E-state index contributed by atoms with van der Waals surface area (Å²) in [6.45, 7) is 1.86. The molecular weight excluding hydrogens is 224 g/mol. The van der Waals surface area contributed by atoms with E-state index in [9.17, 15) is 4.79 Å². The Morgan fingerprint density at radius 1 is 1.00 bits per heavy atom. The summed E-state index contributed by atoms with van der Waals surface area (Å²) < 4.78 is 4.77. The fraction of sp³-hybridized carbons (Fsp3) is 0.188. The highest BCUT2D eigenvalue weighted by Gasteiger charge is 2.15. The first-order valence-electron chi connectivity index (χ1n) is 5.95. The first kappa shape index (κ1) is 12.4. The van der Waals surface area contributed by atoms with Crippen molar-refractivity contribution in [3.05, 3.63) is 60.2 Å². The van der Waals surface area contributed by atoms with Crippen LogP contribution >= 0.6 is 0 Å². The van der Waals surface area contributed by atoms with Gasteiger partial charge in [-0.15, -0.1) is 0 Å². The summed E-state index contributed by atoms with van der Waals surface area (Å²) in [7, 11) is 1.42. The molecule has 2 heteroatoms. The van der Waals surface area contributed by atoms with Crippen molar-refractivity contribution in [2.24, 2.45) is 0 Å². The van der Waals surface area contributed by atoms with Crippen molar-refractivity contribution >= 4 is 5.97 Å². The average molecular weight is 240 g/mol. The quantitative estimate of drug-likeness (QED) is 0.766. The zero-order chi connectivity index (χ0) is 13.0. The molecule has 0 amide bonds. The summed E-state index contributed by atoms with van der Waals surface area (Å²) in [6, 6.07) is 18.1. The number of ether oxygens (including phenoxy) is 1. The number of carbonyl (C=O) groups is 1. The van der Waals surface area contributed by atoms with Crippen molar-refractivity contribution < 1.29 is 9.53 Å². The Morgan fingerprint density at radius 2 is 1.67 bits per heavy atom. The lowest BCUT2D eigenvalue weighted by molar-refractivity contribution is -0.141. The van der Waals surface area contributed by atoms with E-state index < -0.39 is 0 Å². The summed E-state index contributed by atoms with van der Waals surface area (Å²) in [5.74, 6) is -0.445. The van der Waals surface area contributed by atoms with Crippen LogP contribution in [0.5, 0.6) is 0 Å². The normalized spacial score (nSPS) is 11.9. The zero-order valence-corrected chi connectivity index (χ0v) is 10.6. The van der Waals surface area contributed by atoms with Crippen LogP contribution in [0.2, 0.25) is 0 Å². The van der Waals surface area contributed by atoms with Gasteiger partial charge in [-0.3, -0.25) is 4.79 Å². The zero-order valence-electron chi connectivity index (χ0n) is 10.6. The Bertz CT molecular complexity index is 532. The molecule has 2 aromatic carbocycles. The van der Waals surface area contributed by atoms with Crippen LogP contribution in [-0.4, -0.2) is 13.1 Å². The molecule has 1 atom stereocenters. The van der Waals surface area contributed by atoms with E-state index >= 15 is 0 Å². The lowest BCUT2D eigenvalue weighted by atomic mass is 9.96. The molecule has 92 valence electrons. The molecule has 0 heterocycles. The minimum Gasteiger partial charge on any atom is -0.469 e. The van der Waals surface area contributed by atoms with Crippen LogP contribution in [0.3, 0.4) is 0 Å². The molecule has 2 rings (SSSR count). The third-order valence-corrected chi connectivity index (χ3v) is 3.05. The molecule has 0 spiro atoms. The van der Waals surface area contributed by atoms with Crippen molar-refractivity contribution in [2.75, 3.05) is 7.11 Å². The van der Waals surface area contributed by atoms with Crippen molar-refractivity contribution in [3.63, 3.8) is 0 Å². The van der Waals surface area contributed by atoms with Gasteiger partial charge in [0.1, 0.15) is 0 Å². The second-order valence-electron chi connectivity index (χ2n) is 4.24. The van der Waals surface area contributed by atoms with Crippen molar-refractivity contribution in [1.82, 2.24) is 0 Å². The first-order valence-corrected chi connectivity index (χ1v) is 5.95. The molecule has 0 aromatic heterocycles. The Hall–Kier alpha value is -2.09. The van der Waals surface area contributed by atoms with Gasteiger partial charge >= 0.3 is 5.97 Å². The van der Waals surface area contributed by atoms with E-state index in [-0.39, 0.29) is 11.9 Å². The molecule has 0 aliphatic rings. The van der Waals surface area contributed by atoms with Crippen molar-refractivity contribution in [1.29, 1.82) is 0 Å². The van der Waals surface area contributed by atoms with Gasteiger partial charge in [0.15, 0.2) is 0 Å². The highest BCUT2D eigenvalue weighted by atomic mass is 16.5. The van der Waals surface area contributed by atoms with E-state index in [1.807, 2.05) is 49.4 Å². The molecule has 18 heavy (non-hydrogen) atoms. The first-order chi connectivity index (χ1) is 8.72. The maximum Gasteiger partial charge on any atom is 0.312 e. The summed E-state index contributed by atoms with van der Waals surface area (Å²) >= 11 is 0. The third kappa shape index (κ3) is 2.59. The number of hydrogen-bond donors (Lipinski definition) is 0. The summed E-state index contributed by atoms with van der Waals surface area (Å²) in [6.07, 6.45) is 0. The van der Waals surface area contributed by atoms with Gasteiger partial charge in [0.2, 0.25) is 0 Å². The minimum atomic E-state index is -0.237. The predicted octanol–water partition coefficient (Wildman–Crippen LogP) is 3.63. The smallest absolute Gasteiger partial charge is 0.312 e. The van der Waals surface area contributed by atoms with Crippen LogP contribution in [0.15, 0.2) is 54.6 Å². The number of methoxy groups -OCH3 is 1. The number of esters is 1. The fourth-order valence-corrected chi connectivity index (χ4v) is 1.93. The highest BCUT2D eigenvalue weighted by Crippen LogP contribution is 2.24. The number of carbonyl (C=O) groups excluding carboxylic acids is 1. The maximum absolute atomic E-state index is 11.5. The molecule has 0 radical (unpaired) electrons. The van der Waals surface area contributed by atoms with E-state index in [0.29, 0.717) is 0 Å². The van der Waals surface area contributed by atoms with Gasteiger partial charge in [0.25, 0.3) is 0 Å². The molecule has 0 unspecified atom stereocenters. The topological polar surface area (TPSA) is 26.3 Å². The van der Waals surface area contributed by atoms with Gasteiger partial charge in [0, 0.05) is 0 Å². The Labute approximate surface area is 107 Å². The fourth-order valence-electron chi connectivity index (χ4n) is 1.93. The molecule has 0 N–H and O–H groups in total. The number of benzene rings is 2. The molecule has 0 aliphatic heterocycles. The van der Waals surface area contributed by atoms with E-state index in [4.69, 9.17) is 4.74 Å². The number of hydrogen-bond acceptors (Lipinski definition) is 2. The van der Waals surface area contributed by atoms with Gasteiger partial charge in [-0.2, -0.15) is 0 Å². The molecule has 2 aromatic rings. The monoisotopic (exact) mass is 240 g/mol. The van der Waals surface area contributed by atoms with Gasteiger partial charge in [-0.05, 0) is 23.6 Å². The Morgan fingerprint density at radius 3 is 2.33 bits per heavy atom. The van der Waals surface area contributed by atoms with Crippen LogP contribution in [0.4, 0.5) is 0 Å². The molecule has 0 saturated carbocycles. The molecule has 0 aliphatic carbocycles. The van der Waals surface area contributed by atoms with Gasteiger partial charge in [-0.1, -0.05) is 54.6 Å². The molecule has 0 bridgehead atoms. The van der Waals surface area contributed by atoms with E-state index in [2.05, 4.69) is 12.1 Å². The van der Waals surface area contributed by atoms with Gasteiger partial charge in [-0.25, -0.2) is 0 Å². The molecule has 0 fully saturated rings. The summed E-state index contributed by atoms with van der Waals surface area (Å²) in [4.78, 5) is 11.5. The predicted molar refractivity (Wildman–Crippen MR) is 72.3 cm³/mol. The van der Waals surface area contributed by atoms with Gasteiger partial charge < -0.3 is 4.74 Å². The maximum atomic E-state index is 11.5. The van der Waals surface area contributed by atoms with Crippen LogP contribution in [-0.2, 0) is 9.53 Å². The second-order valence-corrected chi connectivity index (χ2v) is 4.24. The third-order valence-electron chi connectivity index (χ3n) is 3.05. The number of rotatable bonds is 3. The van der Waals surface area contributed by atoms with Crippen molar-refractivity contribution in [2.45, 2.75) is 12.8 Å². The molecule has 0 saturated heterocycles. The average Bonchev–Trinajstić information content (AvgIpc) is 2.46. The lowest BCUT2D eigenvalue weighted by Gasteiger charge is -2.11. The van der Waals surface area contributed by atoms with E-state index in [1.54, 1.807) is 0 Å². The summed E-state index contributed by atoms with van der Waals surface area (Å²) in [5, 5.41) is 0. The van der Waals surface area contributed by atoms with Crippen molar-refractivity contribution in [3.8, 4) is 11.1 Å². The highest BCUT2D eigenvalue weighted by molar-refractivity contribution is 5.78. The van der Waals surface area contributed by atoms with Crippen LogP contribution < -0.4 is 0 Å².